The molecule has 2 saturated heterocycles. The zero-order valence-electron chi connectivity index (χ0n) is 23.4. The molecule has 7 nitrogen and oxygen atoms in total. The molecule has 1 aromatic heterocycles. The second-order valence-electron chi connectivity index (χ2n) is 11.7. The Morgan fingerprint density at radius 2 is 1.90 bits per heavy atom. The lowest BCUT2D eigenvalue weighted by molar-refractivity contribution is 0.0607. The van der Waals surface area contributed by atoms with Crippen LogP contribution in [0.2, 0.25) is 10.0 Å². The Labute approximate surface area is 245 Å². The van der Waals surface area contributed by atoms with Gasteiger partial charge in [-0.05, 0) is 76.9 Å². The molecule has 2 aromatic rings. The van der Waals surface area contributed by atoms with Gasteiger partial charge in [0.25, 0.3) is 0 Å². The number of likely N-dealkylation sites (tertiary alicyclic amines) is 1. The maximum atomic E-state index is 14.3. The van der Waals surface area contributed by atoms with E-state index in [-0.39, 0.29) is 20.2 Å². The number of rotatable bonds is 7. The topological polar surface area (TPSA) is 63.7 Å². The Morgan fingerprint density at radius 3 is 2.54 bits per heavy atom. The van der Waals surface area contributed by atoms with E-state index in [0.717, 1.165) is 63.4 Å². The summed E-state index contributed by atoms with van der Waals surface area (Å²) in [5, 5.41) is 6.80. The van der Waals surface area contributed by atoms with Crippen LogP contribution in [0.25, 0.3) is 0 Å². The lowest BCUT2D eigenvalue weighted by atomic mass is 9.97. The van der Waals surface area contributed by atoms with Crippen molar-refractivity contribution in [3.8, 4) is 0 Å². The van der Waals surface area contributed by atoms with Gasteiger partial charge in [0.1, 0.15) is 11.6 Å². The number of piperidine rings is 1. The van der Waals surface area contributed by atoms with Crippen molar-refractivity contribution < 1.29 is 12.0 Å². The second-order valence-corrected chi connectivity index (χ2v) is 12.5. The first-order valence-corrected chi connectivity index (χ1v) is 14.7. The van der Waals surface area contributed by atoms with E-state index in [0.29, 0.717) is 40.8 Å². The van der Waals surface area contributed by atoms with Gasteiger partial charge in [0.15, 0.2) is 0 Å². The molecule has 10 heteroatoms. The number of urea groups is 1. The van der Waals surface area contributed by atoms with Gasteiger partial charge in [0.05, 0.1) is 5.02 Å². The van der Waals surface area contributed by atoms with E-state index in [1.165, 1.54) is 6.07 Å². The molecule has 2 fully saturated rings. The van der Waals surface area contributed by atoms with Crippen LogP contribution in [0.15, 0.2) is 30.5 Å². The van der Waals surface area contributed by atoms with Gasteiger partial charge in [-0.3, -0.25) is 9.80 Å². The van der Waals surface area contributed by atoms with E-state index in [1.807, 2.05) is 26.8 Å². The highest BCUT2D eigenvalue weighted by Gasteiger charge is 2.34. The van der Waals surface area contributed by atoms with Crippen LogP contribution in [0.4, 0.5) is 15.0 Å². The van der Waals surface area contributed by atoms with Crippen molar-refractivity contribution in [3.63, 3.8) is 0 Å². The van der Waals surface area contributed by atoms with Gasteiger partial charge >= 0.3 is 6.03 Å². The van der Waals surface area contributed by atoms with Crippen LogP contribution >= 0.6 is 23.2 Å². The van der Waals surface area contributed by atoms with Gasteiger partial charge in [-0.25, -0.2) is 14.2 Å². The van der Waals surface area contributed by atoms with E-state index in [4.69, 9.17) is 23.2 Å². The Balaban J connectivity index is 0.00000294. The molecule has 218 valence electrons. The molecule has 2 aliphatic rings. The average molecular weight is 584 g/mol. The molecule has 1 atom stereocenters. The molecular weight excluding hydrogens is 538 g/mol. The number of aromatic nitrogens is 1. The molecule has 0 unspecified atom stereocenters. The van der Waals surface area contributed by atoms with Crippen LogP contribution in [-0.4, -0.2) is 71.2 Å². The van der Waals surface area contributed by atoms with Crippen LogP contribution in [0.5, 0.6) is 0 Å². The van der Waals surface area contributed by atoms with Gasteiger partial charge in [0.2, 0.25) is 0 Å². The number of hydrogen-bond acceptors (Lipinski definition) is 5. The summed E-state index contributed by atoms with van der Waals surface area (Å²) in [6, 6.07) is 7.58. The highest BCUT2D eigenvalue weighted by atomic mass is 35.5. The Morgan fingerprint density at radius 1 is 1.15 bits per heavy atom. The van der Waals surface area contributed by atoms with Crippen molar-refractivity contribution in [1.29, 1.82) is 0 Å². The largest absolute Gasteiger partial charge is 0.353 e. The summed E-state index contributed by atoms with van der Waals surface area (Å²) >= 11 is 12.6. The van der Waals surface area contributed by atoms with Crippen LogP contribution in [0.1, 0.15) is 60.9 Å². The van der Waals surface area contributed by atoms with E-state index in [9.17, 15) is 9.18 Å². The van der Waals surface area contributed by atoms with Crippen molar-refractivity contribution in [2.75, 3.05) is 37.6 Å². The lowest BCUT2D eigenvalue weighted by Gasteiger charge is -2.47. The van der Waals surface area contributed by atoms with E-state index >= 15 is 0 Å². The lowest BCUT2D eigenvalue weighted by Crippen LogP contribution is -2.58. The number of benzene rings is 1. The summed E-state index contributed by atoms with van der Waals surface area (Å²) in [6.45, 7) is 13.7. The Hall–Kier alpha value is -2.13. The standard InChI is InChI=1S/C29H41Cl2FN6O.2H2/c1-5-23-19-37(27-25(31)14-20(16-33-27)17-34-28(39)35-29(2,3)4)12-13-38(23)24-8-10-36(11-9-24)18-21-6-7-22(30)15-26(21)32;;/h6-7,14-16,23-24H,5,8-13,17-19H2,1-4H3,(H2,34,35,39);2*1H/t23-;;/m0../s1. The fourth-order valence-electron chi connectivity index (χ4n) is 5.57. The summed E-state index contributed by atoms with van der Waals surface area (Å²) in [6.07, 6.45) is 5.00. The molecule has 0 bridgehead atoms. The number of anilines is 1. The third-order valence-corrected chi connectivity index (χ3v) is 8.07. The number of nitrogens with one attached hydrogen (secondary N) is 2. The first kappa shape index (κ1) is 29.8. The van der Waals surface area contributed by atoms with E-state index in [2.05, 4.69) is 37.2 Å². The molecule has 3 heterocycles. The normalized spacial score (nSPS) is 19.8. The zero-order valence-corrected chi connectivity index (χ0v) is 25.0. The maximum absolute atomic E-state index is 14.3. The number of carbonyl (C=O) groups is 1. The number of amides is 2. The number of halogens is 3. The molecule has 1 aromatic carbocycles. The number of carbonyl (C=O) groups excluding carboxylic acids is 1. The van der Waals surface area contributed by atoms with Crippen molar-refractivity contribution in [2.24, 2.45) is 0 Å². The fraction of sp³-hybridized carbons (Fsp3) is 0.586. The molecule has 2 N–H and O–H groups in total. The first-order chi connectivity index (χ1) is 18.5. The minimum atomic E-state index is -0.296. The van der Waals surface area contributed by atoms with Crippen molar-refractivity contribution in [3.05, 3.63) is 57.5 Å². The molecule has 2 aliphatic heterocycles. The summed E-state index contributed by atoms with van der Waals surface area (Å²) in [7, 11) is 0. The quantitative estimate of drug-likeness (QED) is 0.408. The zero-order chi connectivity index (χ0) is 28.2. The predicted octanol–water partition coefficient (Wildman–Crippen LogP) is 6.18. The molecule has 0 aliphatic carbocycles. The van der Waals surface area contributed by atoms with Gasteiger partial charge in [-0.1, -0.05) is 36.2 Å². The summed E-state index contributed by atoms with van der Waals surface area (Å²) in [5.41, 5.74) is 1.27. The van der Waals surface area contributed by atoms with Crippen LogP contribution in [0, 0.1) is 5.82 Å². The number of piperazine rings is 1. The number of pyridine rings is 1. The molecule has 0 saturated carbocycles. The highest BCUT2D eigenvalue weighted by molar-refractivity contribution is 6.33. The minimum absolute atomic E-state index is 0. The summed E-state index contributed by atoms with van der Waals surface area (Å²) in [5.74, 6) is 0.576. The highest BCUT2D eigenvalue weighted by Crippen LogP contribution is 2.30. The Kier molecular flexibility index (Phi) is 9.97. The van der Waals surface area contributed by atoms with Crippen LogP contribution in [0.3, 0.4) is 0 Å². The van der Waals surface area contributed by atoms with Crippen molar-refractivity contribution in [2.45, 2.75) is 77.7 Å². The van der Waals surface area contributed by atoms with Gasteiger partial charge in [-0.15, -0.1) is 0 Å². The van der Waals surface area contributed by atoms with Crippen molar-refractivity contribution >= 4 is 35.1 Å². The van der Waals surface area contributed by atoms with Crippen LogP contribution < -0.4 is 15.5 Å². The molecule has 4 rings (SSSR count). The monoisotopic (exact) mass is 582 g/mol. The minimum Gasteiger partial charge on any atom is -0.353 e. The molecule has 0 radical (unpaired) electrons. The summed E-state index contributed by atoms with van der Waals surface area (Å²) in [4.78, 5) is 24.0. The first-order valence-electron chi connectivity index (χ1n) is 13.9. The molecule has 2 amide bonds. The van der Waals surface area contributed by atoms with E-state index in [1.54, 1.807) is 18.3 Å². The predicted molar refractivity (Wildman–Crippen MR) is 161 cm³/mol. The average Bonchev–Trinajstić information content (AvgIpc) is 2.88. The van der Waals surface area contributed by atoms with E-state index < -0.39 is 0 Å². The maximum Gasteiger partial charge on any atom is 0.315 e. The van der Waals surface area contributed by atoms with Gasteiger partial charge in [0, 0.05) is 70.0 Å². The third-order valence-electron chi connectivity index (χ3n) is 7.55. The second kappa shape index (κ2) is 13.0. The molecule has 0 spiro atoms. The fourth-order valence-corrected chi connectivity index (χ4v) is 6.04. The number of hydrogen-bond donors (Lipinski definition) is 2. The SMILES string of the molecule is CC[C@H]1CN(c2ncc(CNC(=O)NC(C)(C)C)cc2Cl)CCN1C1CCN(Cc2ccc(Cl)cc2F)CC1.[HH].[HH]. The van der Waals surface area contributed by atoms with Crippen molar-refractivity contribution in [1.82, 2.24) is 25.4 Å². The third kappa shape index (κ3) is 8.19. The van der Waals surface area contributed by atoms with Crippen LogP contribution in [-0.2, 0) is 13.1 Å². The summed E-state index contributed by atoms with van der Waals surface area (Å²) < 4.78 is 14.3. The Bertz CT molecular complexity index is 1150. The molecular formula is C29H45Cl2FN6O. The number of nitrogens with zero attached hydrogens (tertiary/aromatic N) is 4. The van der Waals surface area contributed by atoms with Gasteiger partial charge < -0.3 is 15.5 Å². The molecule has 39 heavy (non-hydrogen) atoms. The van der Waals surface area contributed by atoms with Gasteiger partial charge in [-0.2, -0.15) is 0 Å². The smallest absolute Gasteiger partial charge is 0.315 e.